The first-order valence-corrected chi connectivity index (χ1v) is 6.86. The van der Waals surface area contributed by atoms with Gasteiger partial charge in [0, 0.05) is 24.8 Å². The van der Waals surface area contributed by atoms with E-state index in [4.69, 9.17) is 9.47 Å². The van der Waals surface area contributed by atoms with Crippen molar-refractivity contribution in [3.8, 4) is 0 Å². The van der Waals surface area contributed by atoms with Crippen LogP contribution in [0.2, 0.25) is 0 Å². The van der Waals surface area contributed by atoms with Crippen molar-refractivity contribution >= 4 is 17.6 Å². The Morgan fingerprint density at radius 2 is 1.90 bits per heavy atom. The van der Waals surface area contributed by atoms with Crippen molar-refractivity contribution in [1.29, 1.82) is 0 Å². The molecule has 0 bridgehead atoms. The minimum atomic E-state index is -0.352. The highest BCUT2D eigenvalue weighted by Crippen LogP contribution is 2.18. The highest BCUT2D eigenvalue weighted by molar-refractivity contribution is 5.94. The van der Waals surface area contributed by atoms with Crippen LogP contribution in [0, 0.1) is 5.92 Å². The predicted octanol–water partition coefficient (Wildman–Crippen LogP) is 2.23. The van der Waals surface area contributed by atoms with Crippen LogP contribution < -0.4 is 5.32 Å². The number of ether oxygens (including phenoxy) is 2. The largest absolute Gasteiger partial charge is 0.462 e. The lowest BCUT2D eigenvalue weighted by atomic mass is 9.99. The molecule has 5 heteroatoms. The molecule has 1 aromatic carbocycles. The number of benzene rings is 1. The van der Waals surface area contributed by atoms with Gasteiger partial charge in [0.05, 0.1) is 12.2 Å². The number of esters is 1. The fraction of sp³-hybridized carbons (Fsp3) is 0.467. The molecular weight excluding hydrogens is 258 g/mol. The van der Waals surface area contributed by atoms with Crippen LogP contribution in [-0.2, 0) is 14.3 Å². The Bertz CT molecular complexity index is 463. The number of rotatable bonds is 4. The molecule has 5 nitrogen and oxygen atoms in total. The molecule has 1 aliphatic rings. The number of amides is 1. The average molecular weight is 277 g/mol. The summed E-state index contributed by atoms with van der Waals surface area (Å²) < 4.78 is 10.1. The minimum absolute atomic E-state index is 0.00785. The number of hydrogen-bond acceptors (Lipinski definition) is 4. The van der Waals surface area contributed by atoms with E-state index in [0.717, 1.165) is 12.8 Å². The molecule has 1 heterocycles. The summed E-state index contributed by atoms with van der Waals surface area (Å²) in [4.78, 5) is 23.5. The highest BCUT2D eigenvalue weighted by atomic mass is 16.5. The van der Waals surface area contributed by atoms with Gasteiger partial charge in [-0.25, -0.2) is 4.79 Å². The summed E-state index contributed by atoms with van der Waals surface area (Å²) in [5, 5.41) is 2.86. The van der Waals surface area contributed by atoms with Gasteiger partial charge in [0.2, 0.25) is 5.91 Å². The van der Waals surface area contributed by atoms with Crippen LogP contribution in [0.5, 0.6) is 0 Å². The second kappa shape index (κ2) is 7.05. The third-order valence-electron chi connectivity index (χ3n) is 3.26. The maximum Gasteiger partial charge on any atom is 0.338 e. The van der Waals surface area contributed by atoms with E-state index in [1.165, 1.54) is 0 Å². The van der Waals surface area contributed by atoms with Crippen molar-refractivity contribution in [2.75, 3.05) is 25.1 Å². The Morgan fingerprint density at radius 1 is 1.25 bits per heavy atom. The smallest absolute Gasteiger partial charge is 0.338 e. The van der Waals surface area contributed by atoms with Crippen LogP contribution >= 0.6 is 0 Å². The molecule has 0 radical (unpaired) electrons. The van der Waals surface area contributed by atoms with Gasteiger partial charge in [-0.3, -0.25) is 4.79 Å². The zero-order valence-electron chi connectivity index (χ0n) is 11.6. The zero-order chi connectivity index (χ0) is 14.4. The summed E-state index contributed by atoms with van der Waals surface area (Å²) >= 11 is 0. The lowest BCUT2D eigenvalue weighted by Gasteiger charge is -2.21. The van der Waals surface area contributed by atoms with Gasteiger partial charge in [0.15, 0.2) is 0 Å². The average Bonchev–Trinajstić information content (AvgIpc) is 2.49. The minimum Gasteiger partial charge on any atom is -0.462 e. The Morgan fingerprint density at radius 3 is 2.50 bits per heavy atom. The van der Waals surface area contributed by atoms with Crippen molar-refractivity contribution in [2.45, 2.75) is 19.8 Å². The van der Waals surface area contributed by atoms with Crippen LogP contribution in [-0.4, -0.2) is 31.7 Å². The second-order valence-electron chi connectivity index (χ2n) is 4.67. The molecule has 0 spiro atoms. The molecule has 108 valence electrons. The maximum atomic E-state index is 12.0. The summed E-state index contributed by atoms with van der Waals surface area (Å²) in [5.41, 5.74) is 1.17. The fourth-order valence-electron chi connectivity index (χ4n) is 2.11. The number of hydrogen-bond donors (Lipinski definition) is 1. The van der Waals surface area contributed by atoms with E-state index in [0.29, 0.717) is 31.1 Å². The van der Waals surface area contributed by atoms with E-state index >= 15 is 0 Å². The van der Waals surface area contributed by atoms with Crippen molar-refractivity contribution < 1.29 is 19.1 Å². The molecule has 0 aliphatic carbocycles. The quantitative estimate of drug-likeness (QED) is 0.857. The molecule has 1 amide bonds. The van der Waals surface area contributed by atoms with Crippen LogP contribution in [0.4, 0.5) is 5.69 Å². The number of carbonyl (C=O) groups excluding carboxylic acids is 2. The Hall–Kier alpha value is -1.88. The first kappa shape index (κ1) is 14.5. The van der Waals surface area contributed by atoms with E-state index in [2.05, 4.69) is 5.32 Å². The fourth-order valence-corrected chi connectivity index (χ4v) is 2.11. The zero-order valence-corrected chi connectivity index (χ0v) is 11.6. The Balaban J connectivity index is 1.92. The second-order valence-corrected chi connectivity index (χ2v) is 4.67. The van der Waals surface area contributed by atoms with Crippen LogP contribution in [0.15, 0.2) is 24.3 Å². The van der Waals surface area contributed by atoms with Gasteiger partial charge >= 0.3 is 5.97 Å². The summed E-state index contributed by atoms with van der Waals surface area (Å²) in [6.45, 7) is 3.39. The Labute approximate surface area is 118 Å². The SMILES string of the molecule is CCOC(=O)c1ccc(NC(=O)C2CCOCC2)cc1. The molecule has 1 aliphatic heterocycles. The van der Waals surface area contributed by atoms with E-state index in [9.17, 15) is 9.59 Å². The van der Waals surface area contributed by atoms with Crippen molar-refractivity contribution in [3.05, 3.63) is 29.8 Å². The third-order valence-corrected chi connectivity index (χ3v) is 3.26. The van der Waals surface area contributed by atoms with E-state index in [1.54, 1.807) is 31.2 Å². The van der Waals surface area contributed by atoms with E-state index in [1.807, 2.05) is 0 Å². The summed E-state index contributed by atoms with van der Waals surface area (Å²) in [5.74, 6) is -0.333. The van der Waals surface area contributed by atoms with E-state index < -0.39 is 0 Å². The van der Waals surface area contributed by atoms with Gasteiger partial charge in [-0.05, 0) is 44.0 Å². The molecule has 0 atom stereocenters. The topological polar surface area (TPSA) is 64.6 Å². The van der Waals surface area contributed by atoms with Gasteiger partial charge < -0.3 is 14.8 Å². The number of anilines is 1. The highest BCUT2D eigenvalue weighted by Gasteiger charge is 2.21. The summed E-state index contributed by atoms with van der Waals surface area (Å²) in [6, 6.07) is 6.72. The third kappa shape index (κ3) is 3.81. The van der Waals surface area contributed by atoms with Crippen molar-refractivity contribution in [2.24, 2.45) is 5.92 Å². The molecule has 1 fully saturated rings. The van der Waals surface area contributed by atoms with Gasteiger partial charge in [0.25, 0.3) is 0 Å². The molecule has 20 heavy (non-hydrogen) atoms. The normalized spacial score (nSPS) is 15.7. The van der Waals surface area contributed by atoms with E-state index in [-0.39, 0.29) is 17.8 Å². The van der Waals surface area contributed by atoms with Gasteiger partial charge in [0.1, 0.15) is 0 Å². The van der Waals surface area contributed by atoms with Crippen LogP contribution in [0.3, 0.4) is 0 Å². The molecule has 1 aromatic rings. The molecule has 0 saturated carbocycles. The lowest BCUT2D eigenvalue weighted by molar-refractivity contribution is -0.122. The summed E-state index contributed by atoms with van der Waals surface area (Å²) in [6.07, 6.45) is 1.51. The monoisotopic (exact) mass is 277 g/mol. The molecular formula is C15H19NO4. The molecule has 0 unspecified atom stereocenters. The maximum absolute atomic E-state index is 12.0. The van der Waals surface area contributed by atoms with Crippen LogP contribution in [0.25, 0.3) is 0 Å². The van der Waals surface area contributed by atoms with Crippen molar-refractivity contribution in [1.82, 2.24) is 0 Å². The lowest BCUT2D eigenvalue weighted by Crippen LogP contribution is -2.28. The van der Waals surface area contributed by atoms with Crippen LogP contribution in [0.1, 0.15) is 30.1 Å². The first-order chi connectivity index (χ1) is 9.70. The van der Waals surface area contributed by atoms with Gasteiger partial charge in [-0.15, -0.1) is 0 Å². The molecule has 1 N–H and O–H groups in total. The van der Waals surface area contributed by atoms with Gasteiger partial charge in [-0.1, -0.05) is 0 Å². The standard InChI is InChI=1S/C15H19NO4/c1-2-20-15(18)12-3-5-13(6-4-12)16-14(17)11-7-9-19-10-8-11/h3-6,11H,2,7-10H2,1H3,(H,16,17). The Kier molecular flexibility index (Phi) is 5.12. The van der Waals surface area contributed by atoms with Crippen molar-refractivity contribution in [3.63, 3.8) is 0 Å². The first-order valence-electron chi connectivity index (χ1n) is 6.86. The predicted molar refractivity (Wildman–Crippen MR) is 74.6 cm³/mol. The summed E-state index contributed by atoms with van der Waals surface area (Å²) in [7, 11) is 0. The molecule has 0 aromatic heterocycles. The number of nitrogens with one attached hydrogen (secondary N) is 1. The molecule has 1 saturated heterocycles. The number of carbonyl (C=O) groups is 2. The molecule has 2 rings (SSSR count). The van der Waals surface area contributed by atoms with Gasteiger partial charge in [-0.2, -0.15) is 0 Å².